The number of imidazole rings is 1. The fourth-order valence-electron chi connectivity index (χ4n) is 1.73. The molecule has 1 atom stereocenters. The zero-order valence-corrected chi connectivity index (χ0v) is 9.62. The van der Waals surface area contributed by atoms with Crippen LogP contribution in [0.25, 0.3) is 11.0 Å². The Morgan fingerprint density at radius 3 is 2.71 bits per heavy atom. The predicted molar refractivity (Wildman–Crippen MR) is 60.7 cm³/mol. The van der Waals surface area contributed by atoms with Gasteiger partial charge in [-0.1, -0.05) is 0 Å². The topological polar surface area (TPSA) is 84.4 Å². The average molecular weight is 254 g/mol. The molecule has 2 aromatic rings. The van der Waals surface area contributed by atoms with Crippen molar-refractivity contribution in [1.29, 1.82) is 0 Å². The third kappa shape index (κ3) is 1.87. The first-order valence-electron chi connectivity index (χ1n) is 5.14. The van der Waals surface area contributed by atoms with Gasteiger partial charge in [0.15, 0.2) is 11.5 Å². The normalized spacial score (nSPS) is 16.8. The van der Waals surface area contributed by atoms with Crippen molar-refractivity contribution in [3.63, 3.8) is 0 Å². The number of H-pyrrole nitrogens is 1. The van der Waals surface area contributed by atoms with Crippen molar-refractivity contribution in [2.75, 3.05) is 13.2 Å². The van der Waals surface area contributed by atoms with E-state index in [1.165, 1.54) is 0 Å². The fourth-order valence-corrected chi connectivity index (χ4v) is 2.10. The van der Waals surface area contributed by atoms with Crippen molar-refractivity contribution in [3.8, 4) is 11.5 Å². The monoisotopic (exact) mass is 254 g/mol. The van der Waals surface area contributed by atoms with Crippen molar-refractivity contribution < 1.29 is 18.2 Å². The van der Waals surface area contributed by atoms with Crippen LogP contribution >= 0.6 is 0 Å². The number of aromatic nitrogens is 2. The van der Waals surface area contributed by atoms with E-state index in [0.717, 1.165) is 6.42 Å². The van der Waals surface area contributed by atoms with Crippen molar-refractivity contribution in [2.45, 2.75) is 11.6 Å². The maximum Gasteiger partial charge on any atom is 0.225 e. The Kier molecular flexibility index (Phi) is 2.49. The lowest BCUT2D eigenvalue weighted by Crippen LogP contribution is -1.97. The van der Waals surface area contributed by atoms with Crippen LogP contribution in [0.1, 0.15) is 6.42 Å². The van der Waals surface area contributed by atoms with E-state index < -0.39 is 11.1 Å². The van der Waals surface area contributed by atoms with E-state index in [1.807, 2.05) is 0 Å². The minimum atomic E-state index is -2.11. The second kappa shape index (κ2) is 4.01. The number of aromatic amines is 1. The van der Waals surface area contributed by atoms with Crippen LogP contribution in [0.4, 0.5) is 0 Å². The standard InChI is InChI=1S/C10H10N2O4S/c13-17(14)10-11-6-4-8-9(5-7(6)12-10)16-3-1-2-15-8/h4-5H,1-3H2,(H,11,12)(H,13,14). The molecule has 1 aromatic heterocycles. The zero-order chi connectivity index (χ0) is 11.8. The molecular weight excluding hydrogens is 244 g/mol. The van der Waals surface area contributed by atoms with Crippen molar-refractivity contribution in [3.05, 3.63) is 12.1 Å². The molecule has 0 saturated carbocycles. The van der Waals surface area contributed by atoms with Crippen LogP contribution < -0.4 is 9.47 Å². The van der Waals surface area contributed by atoms with Crippen LogP contribution in [-0.2, 0) is 11.1 Å². The number of rotatable bonds is 1. The Bertz CT molecular complexity index is 552. The molecule has 0 bridgehead atoms. The van der Waals surface area contributed by atoms with E-state index >= 15 is 0 Å². The van der Waals surface area contributed by atoms with Crippen molar-refractivity contribution in [2.24, 2.45) is 0 Å². The quantitative estimate of drug-likeness (QED) is 0.749. The minimum Gasteiger partial charge on any atom is -0.489 e. The van der Waals surface area contributed by atoms with Gasteiger partial charge in [-0.3, -0.25) is 4.55 Å². The summed E-state index contributed by atoms with van der Waals surface area (Å²) in [6.07, 6.45) is 0.835. The zero-order valence-electron chi connectivity index (χ0n) is 8.80. The number of nitrogens with one attached hydrogen (secondary N) is 1. The first-order chi connectivity index (χ1) is 8.24. The summed E-state index contributed by atoms with van der Waals surface area (Å²) < 4.78 is 30.9. The number of nitrogens with zero attached hydrogens (tertiary/aromatic N) is 1. The molecule has 1 aromatic carbocycles. The van der Waals surface area contributed by atoms with Gasteiger partial charge in [0.05, 0.1) is 24.2 Å². The molecule has 0 spiro atoms. The number of hydrogen-bond acceptors (Lipinski definition) is 4. The van der Waals surface area contributed by atoms with E-state index in [4.69, 9.17) is 14.0 Å². The van der Waals surface area contributed by atoms with E-state index in [2.05, 4.69) is 9.97 Å². The van der Waals surface area contributed by atoms with E-state index in [0.29, 0.717) is 35.7 Å². The fraction of sp³-hybridized carbons (Fsp3) is 0.300. The van der Waals surface area contributed by atoms with E-state index in [1.54, 1.807) is 12.1 Å². The van der Waals surface area contributed by atoms with Gasteiger partial charge in [-0.15, -0.1) is 0 Å². The molecule has 1 aliphatic rings. The molecule has 3 rings (SSSR count). The second-order valence-electron chi connectivity index (χ2n) is 3.66. The maximum atomic E-state index is 10.9. The van der Waals surface area contributed by atoms with Crippen LogP contribution in [0.2, 0.25) is 0 Å². The molecule has 0 fully saturated rings. The van der Waals surface area contributed by atoms with Crippen molar-refractivity contribution >= 4 is 22.1 Å². The number of fused-ring (bicyclic) bond motifs is 2. The molecular formula is C10H10N2O4S. The van der Waals surface area contributed by atoms with Gasteiger partial charge in [-0.05, 0) is 0 Å². The number of hydrogen-bond donors (Lipinski definition) is 2. The summed E-state index contributed by atoms with van der Waals surface area (Å²) in [5.41, 5.74) is 1.25. The largest absolute Gasteiger partial charge is 0.489 e. The Balaban J connectivity index is 2.15. The average Bonchev–Trinajstić information content (AvgIpc) is 2.58. The van der Waals surface area contributed by atoms with Crippen molar-refractivity contribution in [1.82, 2.24) is 9.97 Å². The molecule has 2 heterocycles. The van der Waals surface area contributed by atoms with E-state index in [-0.39, 0.29) is 5.16 Å². The van der Waals surface area contributed by atoms with Crippen LogP contribution in [0.5, 0.6) is 11.5 Å². The van der Waals surface area contributed by atoms with Gasteiger partial charge in [0.2, 0.25) is 16.2 Å². The molecule has 2 N–H and O–H groups in total. The highest BCUT2D eigenvalue weighted by atomic mass is 32.2. The third-order valence-corrected chi connectivity index (χ3v) is 3.02. The maximum absolute atomic E-state index is 10.9. The molecule has 0 radical (unpaired) electrons. The molecule has 17 heavy (non-hydrogen) atoms. The summed E-state index contributed by atoms with van der Waals surface area (Å²) in [6, 6.07) is 3.45. The molecule has 1 unspecified atom stereocenters. The molecule has 0 aliphatic carbocycles. The highest BCUT2D eigenvalue weighted by Crippen LogP contribution is 2.33. The highest BCUT2D eigenvalue weighted by molar-refractivity contribution is 7.79. The van der Waals surface area contributed by atoms with Crippen LogP contribution in [0, 0.1) is 0 Å². The highest BCUT2D eigenvalue weighted by Gasteiger charge is 2.15. The van der Waals surface area contributed by atoms with Gasteiger partial charge in [0.1, 0.15) is 0 Å². The first-order valence-corrected chi connectivity index (χ1v) is 6.25. The lowest BCUT2D eigenvalue weighted by molar-refractivity contribution is 0.297. The molecule has 90 valence electrons. The Morgan fingerprint density at radius 1 is 1.29 bits per heavy atom. The summed E-state index contributed by atoms with van der Waals surface area (Å²) >= 11 is -2.11. The Labute approximate surface area is 99.2 Å². The SMILES string of the molecule is O=S(O)c1nc2cc3c(cc2[nH]1)OCCCO3. The summed E-state index contributed by atoms with van der Waals surface area (Å²) in [5.74, 6) is 1.26. The molecule has 0 amide bonds. The van der Waals surface area contributed by atoms with Gasteiger partial charge < -0.3 is 14.5 Å². The second-order valence-corrected chi connectivity index (χ2v) is 4.54. The summed E-state index contributed by atoms with van der Waals surface area (Å²) in [6.45, 7) is 1.20. The summed E-state index contributed by atoms with van der Waals surface area (Å²) in [5, 5.41) is 0.0279. The minimum absolute atomic E-state index is 0.0279. The summed E-state index contributed by atoms with van der Waals surface area (Å²) in [7, 11) is 0. The third-order valence-electron chi connectivity index (χ3n) is 2.49. The smallest absolute Gasteiger partial charge is 0.225 e. The Hall–Kier alpha value is -1.60. The van der Waals surface area contributed by atoms with Crippen LogP contribution in [0.3, 0.4) is 0 Å². The van der Waals surface area contributed by atoms with Gasteiger partial charge in [0.25, 0.3) is 0 Å². The molecule has 0 saturated heterocycles. The van der Waals surface area contributed by atoms with Gasteiger partial charge in [-0.25, -0.2) is 9.19 Å². The lowest BCUT2D eigenvalue weighted by atomic mass is 10.3. The Morgan fingerprint density at radius 2 is 2.00 bits per heavy atom. The predicted octanol–water partition coefficient (Wildman–Crippen LogP) is 1.30. The summed E-state index contributed by atoms with van der Waals surface area (Å²) in [4.78, 5) is 6.78. The van der Waals surface area contributed by atoms with Gasteiger partial charge >= 0.3 is 0 Å². The van der Waals surface area contributed by atoms with Gasteiger partial charge in [-0.2, -0.15) is 0 Å². The van der Waals surface area contributed by atoms with Gasteiger partial charge in [0, 0.05) is 18.6 Å². The first kappa shape index (κ1) is 10.5. The number of benzene rings is 1. The van der Waals surface area contributed by atoms with E-state index in [9.17, 15) is 4.21 Å². The van der Waals surface area contributed by atoms with Crippen LogP contribution in [0.15, 0.2) is 17.3 Å². The number of ether oxygens (including phenoxy) is 2. The molecule has 1 aliphatic heterocycles. The molecule has 6 nitrogen and oxygen atoms in total. The lowest BCUT2D eigenvalue weighted by Gasteiger charge is -2.05. The molecule has 7 heteroatoms. The van der Waals surface area contributed by atoms with Crippen LogP contribution in [-0.4, -0.2) is 31.9 Å².